The summed E-state index contributed by atoms with van der Waals surface area (Å²) in [6.07, 6.45) is 1.53. The van der Waals surface area contributed by atoms with Gasteiger partial charge in [0, 0.05) is 28.5 Å². The van der Waals surface area contributed by atoms with E-state index in [1.165, 1.54) is 6.33 Å². The first-order valence-corrected chi connectivity index (χ1v) is 6.90. The summed E-state index contributed by atoms with van der Waals surface area (Å²) in [5, 5.41) is 6.38. The van der Waals surface area contributed by atoms with Crippen LogP contribution in [0.4, 0.5) is 17.3 Å². The molecule has 18 heavy (non-hydrogen) atoms. The largest absolute Gasteiger partial charge is 0.369 e. The number of halogens is 1. The van der Waals surface area contributed by atoms with Crippen LogP contribution in [0.5, 0.6) is 0 Å². The van der Waals surface area contributed by atoms with Crippen LogP contribution < -0.4 is 10.6 Å². The molecule has 0 unspecified atom stereocenters. The normalized spacial score (nSPS) is 10.1. The van der Waals surface area contributed by atoms with Gasteiger partial charge in [-0.15, -0.1) is 0 Å². The third-order valence-corrected chi connectivity index (χ3v) is 2.90. The molecule has 0 fully saturated rings. The zero-order chi connectivity index (χ0) is 12.8. The predicted octanol–water partition coefficient (Wildman–Crippen LogP) is 3.32. The second-order valence-corrected chi connectivity index (χ2v) is 4.94. The molecule has 2 rings (SSSR count). The Balaban J connectivity index is 2.09. The van der Waals surface area contributed by atoms with Gasteiger partial charge < -0.3 is 10.6 Å². The molecule has 6 heteroatoms. The van der Waals surface area contributed by atoms with Gasteiger partial charge in [-0.3, -0.25) is 0 Å². The van der Waals surface area contributed by atoms with E-state index in [4.69, 9.17) is 0 Å². The Morgan fingerprint density at radius 1 is 1.17 bits per heavy atom. The second kappa shape index (κ2) is 6.61. The quantitative estimate of drug-likeness (QED) is 0.738. The van der Waals surface area contributed by atoms with E-state index < -0.39 is 0 Å². The SMILES string of the molecule is SCCNc1cc(Nc2cccc(Br)c2)ncn1. The first-order valence-electron chi connectivity index (χ1n) is 5.47. The summed E-state index contributed by atoms with van der Waals surface area (Å²) < 4.78 is 1.02. The van der Waals surface area contributed by atoms with Gasteiger partial charge in [-0.25, -0.2) is 9.97 Å². The van der Waals surface area contributed by atoms with Gasteiger partial charge in [0.2, 0.25) is 0 Å². The number of hydrogen-bond donors (Lipinski definition) is 3. The lowest BCUT2D eigenvalue weighted by atomic mass is 10.3. The molecule has 1 aromatic heterocycles. The van der Waals surface area contributed by atoms with E-state index in [2.05, 4.69) is 49.2 Å². The monoisotopic (exact) mass is 324 g/mol. The highest BCUT2D eigenvalue weighted by atomic mass is 79.9. The van der Waals surface area contributed by atoms with Crippen molar-refractivity contribution >= 4 is 45.9 Å². The van der Waals surface area contributed by atoms with E-state index in [9.17, 15) is 0 Å². The summed E-state index contributed by atoms with van der Waals surface area (Å²) in [5.74, 6) is 2.31. The molecule has 0 aliphatic rings. The maximum absolute atomic E-state index is 4.18. The third kappa shape index (κ3) is 3.89. The van der Waals surface area contributed by atoms with Gasteiger partial charge in [-0.2, -0.15) is 12.6 Å². The molecule has 0 bridgehead atoms. The van der Waals surface area contributed by atoms with Crippen molar-refractivity contribution in [3.8, 4) is 0 Å². The van der Waals surface area contributed by atoms with Gasteiger partial charge in [0.15, 0.2) is 0 Å². The predicted molar refractivity (Wildman–Crippen MR) is 81.8 cm³/mol. The second-order valence-electron chi connectivity index (χ2n) is 3.57. The van der Waals surface area contributed by atoms with Crippen molar-refractivity contribution in [2.75, 3.05) is 22.9 Å². The van der Waals surface area contributed by atoms with Crippen LogP contribution >= 0.6 is 28.6 Å². The number of benzene rings is 1. The molecule has 0 saturated heterocycles. The highest BCUT2D eigenvalue weighted by Crippen LogP contribution is 2.19. The zero-order valence-electron chi connectivity index (χ0n) is 9.60. The van der Waals surface area contributed by atoms with E-state index >= 15 is 0 Å². The van der Waals surface area contributed by atoms with Crippen molar-refractivity contribution in [1.29, 1.82) is 0 Å². The third-order valence-electron chi connectivity index (χ3n) is 2.18. The van der Waals surface area contributed by atoms with Crippen LogP contribution in [0.15, 0.2) is 41.1 Å². The maximum atomic E-state index is 4.18. The molecule has 0 radical (unpaired) electrons. The van der Waals surface area contributed by atoms with Gasteiger partial charge in [-0.1, -0.05) is 22.0 Å². The average molecular weight is 325 g/mol. The molecule has 1 aromatic carbocycles. The molecule has 4 nitrogen and oxygen atoms in total. The van der Waals surface area contributed by atoms with E-state index in [0.717, 1.165) is 34.1 Å². The summed E-state index contributed by atoms with van der Waals surface area (Å²) in [6, 6.07) is 9.78. The molecule has 2 N–H and O–H groups in total. The number of rotatable bonds is 5. The maximum Gasteiger partial charge on any atom is 0.135 e. The molecule has 0 aliphatic heterocycles. The van der Waals surface area contributed by atoms with Crippen LogP contribution in [0, 0.1) is 0 Å². The van der Waals surface area contributed by atoms with Gasteiger partial charge >= 0.3 is 0 Å². The number of hydrogen-bond acceptors (Lipinski definition) is 5. The van der Waals surface area contributed by atoms with E-state index in [0.29, 0.717) is 0 Å². The van der Waals surface area contributed by atoms with E-state index in [1.54, 1.807) is 0 Å². The minimum absolute atomic E-state index is 0.754. The molecular formula is C12H13BrN4S. The molecule has 94 valence electrons. The van der Waals surface area contributed by atoms with Crippen molar-refractivity contribution in [3.05, 3.63) is 41.1 Å². The number of anilines is 3. The zero-order valence-corrected chi connectivity index (χ0v) is 12.1. The first-order chi connectivity index (χ1) is 8.78. The minimum atomic E-state index is 0.754. The summed E-state index contributed by atoms with van der Waals surface area (Å²) in [6.45, 7) is 0.774. The Bertz CT molecular complexity index is 521. The number of nitrogens with one attached hydrogen (secondary N) is 2. The average Bonchev–Trinajstić information content (AvgIpc) is 2.37. The number of thiol groups is 1. The van der Waals surface area contributed by atoms with Crippen molar-refractivity contribution in [2.24, 2.45) is 0 Å². The Morgan fingerprint density at radius 2 is 2.00 bits per heavy atom. The highest BCUT2D eigenvalue weighted by molar-refractivity contribution is 9.10. The molecule has 0 amide bonds. The summed E-state index contributed by atoms with van der Waals surface area (Å²) in [5.41, 5.74) is 0.975. The van der Waals surface area contributed by atoms with E-state index in [-0.39, 0.29) is 0 Å². The van der Waals surface area contributed by atoms with Crippen molar-refractivity contribution in [3.63, 3.8) is 0 Å². The van der Waals surface area contributed by atoms with Crippen LogP contribution in [0.3, 0.4) is 0 Å². The molecule has 0 saturated carbocycles. The minimum Gasteiger partial charge on any atom is -0.369 e. The molecule has 0 spiro atoms. The number of nitrogens with zero attached hydrogens (tertiary/aromatic N) is 2. The molecule has 2 aromatic rings. The Kier molecular flexibility index (Phi) is 4.83. The van der Waals surface area contributed by atoms with Crippen molar-refractivity contribution in [1.82, 2.24) is 9.97 Å². The molecule has 1 heterocycles. The number of aromatic nitrogens is 2. The summed E-state index contributed by atoms with van der Waals surface area (Å²) in [7, 11) is 0. The fourth-order valence-electron chi connectivity index (χ4n) is 1.42. The molecule has 0 atom stereocenters. The topological polar surface area (TPSA) is 49.8 Å². The van der Waals surface area contributed by atoms with Crippen LogP contribution in [0.2, 0.25) is 0 Å². The summed E-state index contributed by atoms with van der Waals surface area (Å²) >= 11 is 7.57. The molecule has 0 aliphatic carbocycles. The Morgan fingerprint density at radius 3 is 2.78 bits per heavy atom. The molecular weight excluding hydrogens is 312 g/mol. The highest BCUT2D eigenvalue weighted by Gasteiger charge is 1.99. The standard InChI is InChI=1S/C12H13BrN4S/c13-9-2-1-3-10(6-9)17-12-7-11(14-4-5-18)15-8-16-12/h1-3,6-8,18H,4-5H2,(H2,14,15,16,17). The fourth-order valence-corrected chi connectivity index (χ4v) is 1.93. The summed E-state index contributed by atoms with van der Waals surface area (Å²) in [4.78, 5) is 8.31. The van der Waals surface area contributed by atoms with Crippen LogP contribution in [-0.4, -0.2) is 22.3 Å². The fraction of sp³-hybridized carbons (Fsp3) is 0.167. The Hall–Kier alpha value is -1.27. The van der Waals surface area contributed by atoms with Gasteiger partial charge in [0.1, 0.15) is 18.0 Å². The lowest BCUT2D eigenvalue weighted by molar-refractivity contribution is 1.12. The lowest BCUT2D eigenvalue weighted by Crippen LogP contribution is -2.05. The van der Waals surface area contributed by atoms with Crippen LogP contribution in [0.25, 0.3) is 0 Å². The van der Waals surface area contributed by atoms with E-state index in [1.807, 2.05) is 30.3 Å². The van der Waals surface area contributed by atoms with Gasteiger partial charge in [-0.05, 0) is 18.2 Å². The van der Waals surface area contributed by atoms with Gasteiger partial charge in [0.25, 0.3) is 0 Å². The van der Waals surface area contributed by atoms with Crippen molar-refractivity contribution < 1.29 is 0 Å². The lowest BCUT2D eigenvalue weighted by Gasteiger charge is -2.08. The smallest absolute Gasteiger partial charge is 0.135 e. The Labute approximate surface area is 120 Å². The van der Waals surface area contributed by atoms with Gasteiger partial charge in [0.05, 0.1) is 0 Å². The van der Waals surface area contributed by atoms with Crippen LogP contribution in [-0.2, 0) is 0 Å². The first kappa shape index (κ1) is 13.2. The van der Waals surface area contributed by atoms with Crippen LogP contribution in [0.1, 0.15) is 0 Å². The van der Waals surface area contributed by atoms with Crippen molar-refractivity contribution in [2.45, 2.75) is 0 Å².